The van der Waals surface area contributed by atoms with E-state index in [-0.39, 0.29) is 17.9 Å². The van der Waals surface area contributed by atoms with Gasteiger partial charge in [-0.15, -0.1) is 0 Å². The summed E-state index contributed by atoms with van der Waals surface area (Å²) in [5.74, 6) is 1.91. The molecule has 0 saturated carbocycles. The Kier molecular flexibility index (Phi) is 12.1. The van der Waals surface area contributed by atoms with E-state index in [4.69, 9.17) is 15.7 Å². The molecule has 0 heterocycles. The van der Waals surface area contributed by atoms with Crippen LogP contribution in [0.3, 0.4) is 0 Å². The minimum absolute atomic E-state index is 0.00304. The lowest BCUT2D eigenvalue weighted by molar-refractivity contribution is -0.192. The van der Waals surface area contributed by atoms with Gasteiger partial charge in [0.15, 0.2) is 9.84 Å². The molecule has 0 aliphatic rings. The average molecular weight is 657 g/mol. The quantitative estimate of drug-likeness (QED) is 0.167. The number of carbonyl (C=O) groups is 2. The van der Waals surface area contributed by atoms with E-state index < -0.39 is 44.0 Å². The molecule has 1 amide bonds. The molecule has 3 aromatic rings. The lowest BCUT2D eigenvalue weighted by Gasteiger charge is -2.26. The number of aliphatic carboxylic acids is 1. The number of nitrogens with zero attached hydrogens (tertiary/aromatic N) is 2. The number of anilines is 1. The molecule has 44 heavy (non-hydrogen) atoms. The van der Waals surface area contributed by atoms with Crippen molar-refractivity contribution >= 4 is 43.6 Å². The second-order valence-corrected chi connectivity index (χ2v) is 13.2. The third kappa shape index (κ3) is 10.4. The summed E-state index contributed by atoms with van der Waals surface area (Å²) in [6.45, 7) is 1.60. The molecule has 3 aromatic carbocycles. The summed E-state index contributed by atoms with van der Waals surface area (Å²) in [4.78, 5) is 22.5. The minimum Gasteiger partial charge on any atom is -0.475 e. The SMILES string of the molecule is CCN(C(=O)[C@H](Cc1cccc(C=NN)c1)Nc1ccc(-c2ccccc2S(C)(=O)=O)cc1)S(C)(=O)=O.O=C(O)C(F)(F)F. The van der Waals surface area contributed by atoms with Crippen LogP contribution in [-0.2, 0) is 35.9 Å². The number of sulfonamides is 1. The summed E-state index contributed by atoms with van der Waals surface area (Å²) in [6, 6.07) is 20.0. The largest absolute Gasteiger partial charge is 0.490 e. The fraction of sp³-hybridized carbons (Fsp3) is 0.250. The van der Waals surface area contributed by atoms with Gasteiger partial charge in [-0.2, -0.15) is 18.3 Å². The van der Waals surface area contributed by atoms with Gasteiger partial charge in [-0.1, -0.05) is 54.6 Å². The number of carboxylic acids is 1. The van der Waals surface area contributed by atoms with Crippen molar-refractivity contribution in [1.29, 1.82) is 0 Å². The monoisotopic (exact) mass is 656 g/mol. The maximum Gasteiger partial charge on any atom is 0.490 e. The van der Waals surface area contributed by atoms with Crippen LogP contribution in [0.1, 0.15) is 18.1 Å². The highest BCUT2D eigenvalue weighted by atomic mass is 32.2. The number of likely N-dealkylation sites (N-methyl/N-ethyl adjacent to an activating group) is 1. The van der Waals surface area contributed by atoms with E-state index in [9.17, 15) is 34.8 Å². The molecule has 16 heteroatoms. The number of hydrogen-bond donors (Lipinski definition) is 3. The zero-order valence-corrected chi connectivity index (χ0v) is 25.4. The lowest BCUT2D eigenvalue weighted by atomic mass is 10.0. The molecule has 1 atom stereocenters. The van der Waals surface area contributed by atoms with Crippen LogP contribution in [0, 0.1) is 0 Å². The molecule has 0 fully saturated rings. The van der Waals surface area contributed by atoms with Crippen molar-refractivity contribution in [3.8, 4) is 11.1 Å². The molecule has 3 rings (SSSR count). The number of hydrazone groups is 1. The van der Waals surface area contributed by atoms with Crippen molar-refractivity contribution < 1.29 is 44.7 Å². The van der Waals surface area contributed by atoms with Gasteiger partial charge in [0.05, 0.1) is 17.4 Å². The van der Waals surface area contributed by atoms with Crippen LogP contribution in [0.15, 0.2) is 82.8 Å². The molecule has 0 saturated heterocycles. The second-order valence-electron chi connectivity index (χ2n) is 9.34. The summed E-state index contributed by atoms with van der Waals surface area (Å²) < 4.78 is 81.5. The van der Waals surface area contributed by atoms with E-state index in [1.807, 2.05) is 18.2 Å². The summed E-state index contributed by atoms with van der Waals surface area (Å²) in [5.41, 5.74) is 3.36. The van der Waals surface area contributed by atoms with Crippen LogP contribution in [-0.4, -0.2) is 75.6 Å². The number of carbonyl (C=O) groups excluding carboxylic acids is 1. The van der Waals surface area contributed by atoms with Crippen LogP contribution in [0.2, 0.25) is 0 Å². The number of alkyl halides is 3. The molecule has 0 aliphatic heterocycles. The van der Waals surface area contributed by atoms with Crippen molar-refractivity contribution in [3.05, 3.63) is 83.9 Å². The van der Waals surface area contributed by atoms with Crippen molar-refractivity contribution in [2.75, 3.05) is 24.4 Å². The van der Waals surface area contributed by atoms with Gasteiger partial charge in [-0.05, 0) is 41.8 Å². The Hall–Kier alpha value is -4.44. The fourth-order valence-electron chi connectivity index (χ4n) is 4.03. The zero-order chi connectivity index (χ0) is 33.3. The van der Waals surface area contributed by atoms with E-state index in [2.05, 4.69) is 10.4 Å². The van der Waals surface area contributed by atoms with E-state index in [0.717, 1.165) is 27.9 Å². The Morgan fingerprint density at radius 3 is 2.09 bits per heavy atom. The Morgan fingerprint density at radius 2 is 1.59 bits per heavy atom. The van der Waals surface area contributed by atoms with Gasteiger partial charge in [-0.3, -0.25) is 4.79 Å². The van der Waals surface area contributed by atoms with E-state index in [1.54, 1.807) is 61.5 Å². The highest BCUT2D eigenvalue weighted by Gasteiger charge is 2.38. The molecule has 0 unspecified atom stereocenters. The minimum atomic E-state index is -5.08. The molecule has 0 radical (unpaired) electrons. The molecule has 11 nitrogen and oxygen atoms in total. The van der Waals surface area contributed by atoms with Crippen LogP contribution >= 0.6 is 0 Å². The zero-order valence-electron chi connectivity index (χ0n) is 23.8. The third-order valence-corrected chi connectivity index (χ3v) is 8.31. The smallest absolute Gasteiger partial charge is 0.475 e. The first-order valence-corrected chi connectivity index (χ1v) is 16.4. The van der Waals surface area contributed by atoms with Gasteiger partial charge in [-0.25, -0.2) is 25.9 Å². The standard InChI is InChI=1S/C26H30N4O5S2.C2HF3O2/c1-4-30(37(3,34)35)26(31)24(17-19-8-7-9-20(16-19)18-28-27)29-22-14-12-21(13-15-22)23-10-5-6-11-25(23)36(2,32)33;3-2(4,5)1(6)7/h5-16,18,24,29H,4,17,27H2,1-3H3;(H,6,7)/t24-;/m0./s1. The predicted molar refractivity (Wildman–Crippen MR) is 160 cm³/mol. The van der Waals surface area contributed by atoms with Gasteiger partial charge >= 0.3 is 12.1 Å². The molecule has 0 aromatic heterocycles. The van der Waals surface area contributed by atoms with Gasteiger partial charge in [0.25, 0.3) is 5.91 Å². The topological polar surface area (TPSA) is 176 Å². The first-order valence-electron chi connectivity index (χ1n) is 12.7. The maximum absolute atomic E-state index is 13.4. The normalized spacial score (nSPS) is 12.6. The average Bonchev–Trinajstić information content (AvgIpc) is 2.92. The number of halogens is 3. The number of sulfone groups is 1. The number of carboxylic acid groups (broad SMARTS) is 1. The first kappa shape index (κ1) is 35.8. The first-order chi connectivity index (χ1) is 20.4. The number of hydrogen-bond acceptors (Lipinski definition) is 9. The Morgan fingerprint density at radius 1 is 1.00 bits per heavy atom. The second kappa shape index (κ2) is 14.8. The van der Waals surface area contributed by atoms with Crippen LogP contribution < -0.4 is 11.2 Å². The van der Waals surface area contributed by atoms with Gasteiger partial charge in [0.2, 0.25) is 10.0 Å². The third-order valence-electron chi connectivity index (χ3n) is 5.91. The molecule has 0 aliphatic carbocycles. The predicted octanol–water partition coefficient (Wildman–Crippen LogP) is 3.51. The highest BCUT2D eigenvalue weighted by molar-refractivity contribution is 7.90. The summed E-state index contributed by atoms with van der Waals surface area (Å²) in [7, 11) is -7.20. The number of nitrogens with one attached hydrogen (secondary N) is 1. The molecular formula is C28H31F3N4O7S2. The van der Waals surface area contributed by atoms with E-state index in [1.165, 1.54) is 6.21 Å². The number of nitrogens with two attached hydrogens (primary N) is 1. The summed E-state index contributed by atoms with van der Waals surface area (Å²) >= 11 is 0. The van der Waals surface area contributed by atoms with Gasteiger partial charge in [0, 0.05) is 30.5 Å². The highest BCUT2D eigenvalue weighted by Crippen LogP contribution is 2.28. The van der Waals surface area contributed by atoms with Crippen LogP contribution in [0.25, 0.3) is 11.1 Å². The number of amides is 1. The summed E-state index contributed by atoms with van der Waals surface area (Å²) in [6.07, 6.45) is -1.24. The van der Waals surface area contributed by atoms with Crippen LogP contribution in [0.5, 0.6) is 0 Å². The van der Waals surface area contributed by atoms with Crippen molar-refractivity contribution in [3.63, 3.8) is 0 Å². The molecule has 238 valence electrons. The number of benzene rings is 3. The molecule has 4 N–H and O–H groups in total. The van der Waals surface area contributed by atoms with Crippen molar-refractivity contribution in [2.24, 2.45) is 10.9 Å². The number of rotatable bonds is 10. The molecule has 0 spiro atoms. The Balaban J connectivity index is 0.000000860. The Bertz CT molecular complexity index is 1710. The van der Waals surface area contributed by atoms with Crippen LogP contribution in [0.4, 0.5) is 18.9 Å². The molecular weight excluding hydrogens is 625 g/mol. The van der Waals surface area contributed by atoms with Crippen molar-refractivity contribution in [1.82, 2.24) is 4.31 Å². The Labute approximate surface area is 253 Å². The van der Waals surface area contributed by atoms with E-state index in [0.29, 0.717) is 16.8 Å². The molecule has 0 bridgehead atoms. The van der Waals surface area contributed by atoms with Gasteiger partial charge in [0.1, 0.15) is 6.04 Å². The lowest BCUT2D eigenvalue weighted by Crippen LogP contribution is -2.46. The maximum atomic E-state index is 13.4. The van der Waals surface area contributed by atoms with Crippen molar-refractivity contribution in [2.45, 2.75) is 30.5 Å². The van der Waals surface area contributed by atoms with Gasteiger partial charge < -0.3 is 16.3 Å². The van der Waals surface area contributed by atoms with E-state index >= 15 is 0 Å². The summed E-state index contributed by atoms with van der Waals surface area (Å²) in [5, 5.41) is 13.8. The fourth-order valence-corrected chi connectivity index (χ4v) is 5.86.